The van der Waals surface area contributed by atoms with Crippen LogP contribution in [-0.2, 0) is 4.79 Å². The van der Waals surface area contributed by atoms with Gasteiger partial charge in [-0.3, -0.25) is 4.79 Å². The zero-order chi connectivity index (χ0) is 21.9. The van der Waals surface area contributed by atoms with E-state index in [4.69, 9.17) is 4.74 Å². The molecular formula is C23H32N4O3. The van der Waals surface area contributed by atoms with Crippen molar-refractivity contribution in [1.82, 2.24) is 10.3 Å². The Labute approximate surface area is 178 Å². The van der Waals surface area contributed by atoms with Crippen molar-refractivity contribution < 1.29 is 14.6 Å². The van der Waals surface area contributed by atoms with Crippen LogP contribution in [0, 0.1) is 0 Å². The van der Waals surface area contributed by atoms with E-state index >= 15 is 0 Å². The van der Waals surface area contributed by atoms with Crippen molar-refractivity contribution in [2.45, 2.75) is 45.4 Å². The molecule has 7 heteroatoms. The van der Waals surface area contributed by atoms with E-state index in [1.807, 2.05) is 49.2 Å². The summed E-state index contributed by atoms with van der Waals surface area (Å²) in [5, 5.41) is 12.9. The highest BCUT2D eigenvalue weighted by Crippen LogP contribution is 2.26. The fourth-order valence-electron chi connectivity index (χ4n) is 3.60. The van der Waals surface area contributed by atoms with Crippen LogP contribution in [-0.4, -0.2) is 54.4 Å². The van der Waals surface area contributed by atoms with Crippen LogP contribution in [0.4, 0.5) is 11.5 Å². The SMILES string of the molecule is CC(=O)NC(C)c1ccc(N2CC(Oc3cccc(N(C)CC(C)(C)O)n3)C2)cc1. The van der Waals surface area contributed by atoms with Crippen LogP contribution in [0.5, 0.6) is 5.88 Å². The first-order chi connectivity index (χ1) is 14.1. The molecule has 2 N–H and O–H groups in total. The number of carbonyl (C=O) groups is 1. The fraction of sp³-hybridized carbons (Fsp3) is 0.478. The number of aromatic nitrogens is 1. The molecule has 0 radical (unpaired) electrons. The van der Waals surface area contributed by atoms with Crippen LogP contribution in [0.2, 0.25) is 0 Å². The quantitative estimate of drug-likeness (QED) is 0.694. The molecule has 7 nitrogen and oxygen atoms in total. The van der Waals surface area contributed by atoms with Gasteiger partial charge in [-0.15, -0.1) is 0 Å². The maximum atomic E-state index is 11.2. The number of hydrogen-bond acceptors (Lipinski definition) is 6. The number of hydrogen-bond donors (Lipinski definition) is 2. The van der Waals surface area contributed by atoms with Gasteiger partial charge in [0.1, 0.15) is 11.9 Å². The Bertz CT molecular complexity index is 857. The Morgan fingerprint density at radius 3 is 2.57 bits per heavy atom. The van der Waals surface area contributed by atoms with E-state index in [1.165, 1.54) is 6.92 Å². The molecule has 3 rings (SSSR count). The number of anilines is 2. The maximum Gasteiger partial charge on any atom is 0.217 e. The summed E-state index contributed by atoms with van der Waals surface area (Å²) >= 11 is 0. The summed E-state index contributed by atoms with van der Waals surface area (Å²) in [6.07, 6.45) is 0.0883. The summed E-state index contributed by atoms with van der Waals surface area (Å²) in [7, 11) is 1.91. The molecule has 30 heavy (non-hydrogen) atoms. The van der Waals surface area contributed by atoms with Crippen molar-refractivity contribution >= 4 is 17.4 Å². The zero-order valence-corrected chi connectivity index (χ0v) is 18.4. The first-order valence-electron chi connectivity index (χ1n) is 10.3. The molecule has 1 aromatic carbocycles. The molecule has 1 aliphatic rings. The van der Waals surface area contributed by atoms with E-state index in [0.717, 1.165) is 30.2 Å². The van der Waals surface area contributed by atoms with Crippen LogP contribution in [0.3, 0.4) is 0 Å². The minimum absolute atomic E-state index is 0.00286. The van der Waals surface area contributed by atoms with Crippen molar-refractivity contribution in [3.8, 4) is 5.88 Å². The molecule has 0 saturated carbocycles. The summed E-state index contributed by atoms with van der Waals surface area (Å²) in [6.45, 7) is 9.14. The molecule has 0 bridgehead atoms. The molecule has 162 valence electrons. The number of benzene rings is 1. The van der Waals surface area contributed by atoms with Crippen LogP contribution in [0.1, 0.15) is 39.3 Å². The number of nitrogens with zero attached hydrogens (tertiary/aromatic N) is 3. The Morgan fingerprint density at radius 2 is 1.97 bits per heavy atom. The van der Waals surface area contributed by atoms with Gasteiger partial charge in [-0.25, -0.2) is 0 Å². The van der Waals surface area contributed by atoms with Crippen molar-refractivity contribution in [3.63, 3.8) is 0 Å². The lowest BCUT2D eigenvalue weighted by Crippen LogP contribution is -2.54. The Hall–Kier alpha value is -2.80. The van der Waals surface area contributed by atoms with Crippen LogP contribution >= 0.6 is 0 Å². The lowest BCUT2D eigenvalue weighted by molar-refractivity contribution is -0.119. The maximum absolute atomic E-state index is 11.2. The summed E-state index contributed by atoms with van der Waals surface area (Å²) in [6, 6.07) is 13.9. The third-order valence-electron chi connectivity index (χ3n) is 5.04. The molecule has 1 atom stereocenters. The van der Waals surface area contributed by atoms with Gasteiger partial charge < -0.3 is 25.0 Å². The smallest absolute Gasteiger partial charge is 0.217 e. The van der Waals surface area contributed by atoms with Gasteiger partial charge in [-0.1, -0.05) is 18.2 Å². The number of ether oxygens (including phenoxy) is 1. The lowest BCUT2D eigenvalue weighted by atomic mass is 10.1. The standard InChI is InChI=1S/C23H32N4O3/c1-16(24-17(2)28)18-9-11-19(12-10-18)27-13-20(14-27)30-22-8-6-7-21(25-22)26(5)15-23(3,4)29/h6-12,16,20,29H,13-15H2,1-5H3,(H,24,28). The third-order valence-corrected chi connectivity index (χ3v) is 5.04. The van der Waals surface area contributed by atoms with Gasteiger partial charge in [-0.05, 0) is 44.5 Å². The van der Waals surface area contributed by atoms with Crippen LogP contribution < -0.4 is 19.9 Å². The number of nitrogens with one attached hydrogen (secondary N) is 1. The van der Waals surface area contributed by atoms with Gasteiger partial charge in [0.15, 0.2) is 0 Å². The number of likely N-dealkylation sites (N-methyl/N-ethyl adjacent to an activating group) is 1. The van der Waals surface area contributed by atoms with Crippen molar-refractivity contribution in [2.75, 3.05) is 36.5 Å². The predicted octanol–water partition coefficient (Wildman–Crippen LogP) is 2.75. The van der Waals surface area contributed by atoms with Gasteiger partial charge in [0.25, 0.3) is 0 Å². The van der Waals surface area contributed by atoms with Gasteiger partial charge in [0, 0.05) is 32.3 Å². The van der Waals surface area contributed by atoms with Crippen molar-refractivity contribution in [1.29, 1.82) is 0 Å². The van der Waals surface area contributed by atoms with Gasteiger partial charge in [-0.2, -0.15) is 4.98 Å². The normalized spacial score (nSPS) is 15.3. The highest BCUT2D eigenvalue weighted by Gasteiger charge is 2.29. The first-order valence-corrected chi connectivity index (χ1v) is 10.3. The Morgan fingerprint density at radius 1 is 1.30 bits per heavy atom. The summed E-state index contributed by atoms with van der Waals surface area (Å²) in [4.78, 5) is 20.0. The van der Waals surface area contributed by atoms with Crippen LogP contribution in [0.25, 0.3) is 0 Å². The molecule has 1 aromatic heterocycles. The highest BCUT2D eigenvalue weighted by molar-refractivity contribution is 5.73. The minimum atomic E-state index is -0.794. The monoisotopic (exact) mass is 412 g/mol. The van der Waals surface area contributed by atoms with E-state index in [9.17, 15) is 9.90 Å². The number of amides is 1. The molecule has 2 heterocycles. The second-order valence-corrected chi connectivity index (χ2v) is 8.66. The molecule has 2 aromatic rings. The molecule has 1 unspecified atom stereocenters. The first kappa shape index (κ1) is 21.9. The fourth-order valence-corrected chi connectivity index (χ4v) is 3.60. The molecule has 1 saturated heterocycles. The van der Waals surface area contributed by atoms with E-state index in [1.54, 1.807) is 13.8 Å². The second kappa shape index (κ2) is 8.92. The summed E-state index contributed by atoms with van der Waals surface area (Å²) < 4.78 is 6.04. The molecule has 1 amide bonds. The van der Waals surface area contributed by atoms with E-state index in [2.05, 4.69) is 27.3 Å². The average molecular weight is 413 g/mol. The van der Waals surface area contributed by atoms with Gasteiger partial charge >= 0.3 is 0 Å². The van der Waals surface area contributed by atoms with E-state index < -0.39 is 5.60 Å². The predicted molar refractivity (Wildman–Crippen MR) is 119 cm³/mol. The van der Waals surface area contributed by atoms with Crippen molar-refractivity contribution in [2.24, 2.45) is 0 Å². The Balaban J connectivity index is 1.52. The number of pyridine rings is 1. The molecule has 0 spiro atoms. The third kappa shape index (κ3) is 5.86. The molecule has 1 fully saturated rings. The van der Waals surface area contributed by atoms with E-state index in [-0.39, 0.29) is 18.1 Å². The summed E-state index contributed by atoms with van der Waals surface area (Å²) in [5.74, 6) is 1.34. The second-order valence-electron chi connectivity index (χ2n) is 8.66. The highest BCUT2D eigenvalue weighted by atomic mass is 16.5. The number of rotatable bonds is 8. The topological polar surface area (TPSA) is 77.9 Å². The summed E-state index contributed by atoms with van der Waals surface area (Å²) in [5.41, 5.74) is 1.43. The zero-order valence-electron chi connectivity index (χ0n) is 18.4. The number of carbonyl (C=O) groups excluding carboxylic acids is 1. The van der Waals surface area contributed by atoms with Gasteiger partial charge in [0.05, 0.1) is 24.7 Å². The van der Waals surface area contributed by atoms with E-state index in [0.29, 0.717) is 12.4 Å². The van der Waals surface area contributed by atoms with Gasteiger partial charge in [0.2, 0.25) is 11.8 Å². The molecule has 1 aliphatic heterocycles. The largest absolute Gasteiger partial charge is 0.471 e. The Kier molecular flexibility index (Phi) is 6.51. The molecule has 0 aliphatic carbocycles. The lowest BCUT2D eigenvalue weighted by Gasteiger charge is -2.40. The minimum Gasteiger partial charge on any atom is -0.471 e. The van der Waals surface area contributed by atoms with Crippen LogP contribution in [0.15, 0.2) is 42.5 Å². The molecular weight excluding hydrogens is 380 g/mol. The average Bonchev–Trinajstić information content (AvgIpc) is 2.63. The number of aliphatic hydroxyl groups is 1. The van der Waals surface area contributed by atoms with Crippen molar-refractivity contribution in [3.05, 3.63) is 48.0 Å².